The van der Waals surface area contributed by atoms with E-state index in [0.717, 1.165) is 10.5 Å². The maximum Gasteiger partial charge on any atom is 0.255 e. The van der Waals surface area contributed by atoms with Gasteiger partial charge in [-0.2, -0.15) is 0 Å². The molecule has 1 heterocycles. The minimum absolute atomic E-state index is 0.0679. The van der Waals surface area contributed by atoms with E-state index in [1.165, 1.54) is 0 Å². The predicted octanol–water partition coefficient (Wildman–Crippen LogP) is 1.61. The molecular weight excluding hydrogens is 286 g/mol. The molecule has 0 aromatic heterocycles. The highest BCUT2D eigenvalue weighted by Crippen LogP contribution is 2.37. The molecule has 0 bridgehead atoms. The maximum atomic E-state index is 12.7. The third-order valence-corrected chi connectivity index (χ3v) is 5.53. The van der Waals surface area contributed by atoms with Crippen molar-refractivity contribution >= 4 is 17.7 Å². The number of fused-ring (bicyclic) bond motifs is 1. The fourth-order valence-electron chi connectivity index (χ4n) is 3.56. The van der Waals surface area contributed by atoms with Crippen LogP contribution < -0.4 is 0 Å². The standard InChI is InChI=1S/C16H21NO3S/c1-21-15-5-3-2-4-12(15)16(20)17-8-10-6-13(18)14(19)7-11(10)9-17/h2-5,10-11,13-14,18-19H,6-9H2,1H3/t10-,11+,13+,14-. The average molecular weight is 307 g/mol. The number of rotatable bonds is 2. The van der Waals surface area contributed by atoms with Gasteiger partial charge in [-0.1, -0.05) is 12.1 Å². The van der Waals surface area contributed by atoms with Gasteiger partial charge < -0.3 is 15.1 Å². The van der Waals surface area contributed by atoms with E-state index in [1.54, 1.807) is 11.8 Å². The first kappa shape index (κ1) is 14.9. The summed E-state index contributed by atoms with van der Waals surface area (Å²) in [6, 6.07) is 7.68. The lowest BCUT2D eigenvalue weighted by atomic mass is 9.79. The Morgan fingerprint density at radius 3 is 2.29 bits per heavy atom. The van der Waals surface area contributed by atoms with Crippen molar-refractivity contribution in [2.24, 2.45) is 11.8 Å². The van der Waals surface area contributed by atoms with E-state index < -0.39 is 12.2 Å². The van der Waals surface area contributed by atoms with E-state index in [-0.39, 0.29) is 5.91 Å². The topological polar surface area (TPSA) is 60.8 Å². The van der Waals surface area contributed by atoms with Crippen LogP contribution in [0.25, 0.3) is 0 Å². The van der Waals surface area contributed by atoms with Crippen LogP contribution in [0.3, 0.4) is 0 Å². The minimum Gasteiger partial charge on any atom is -0.390 e. The molecule has 1 aromatic carbocycles. The zero-order valence-electron chi connectivity index (χ0n) is 12.1. The number of carbonyl (C=O) groups excluding carboxylic acids is 1. The molecule has 114 valence electrons. The quantitative estimate of drug-likeness (QED) is 0.815. The largest absolute Gasteiger partial charge is 0.390 e. The number of carbonyl (C=O) groups is 1. The highest BCUT2D eigenvalue weighted by atomic mass is 32.2. The predicted molar refractivity (Wildman–Crippen MR) is 82.4 cm³/mol. The normalized spacial score (nSPS) is 32.0. The lowest BCUT2D eigenvalue weighted by Gasteiger charge is -2.31. The number of thioether (sulfide) groups is 1. The van der Waals surface area contributed by atoms with Crippen molar-refractivity contribution in [1.29, 1.82) is 0 Å². The van der Waals surface area contributed by atoms with Crippen molar-refractivity contribution in [1.82, 2.24) is 4.90 Å². The van der Waals surface area contributed by atoms with E-state index in [2.05, 4.69) is 0 Å². The van der Waals surface area contributed by atoms with Crippen LogP contribution in [0.1, 0.15) is 23.2 Å². The Labute approximate surface area is 129 Å². The van der Waals surface area contributed by atoms with E-state index in [4.69, 9.17) is 0 Å². The smallest absolute Gasteiger partial charge is 0.255 e. The molecule has 1 amide bonds. The van der Waals surface area contributed by atoms with E-state index in [9.17, 15) is 15.0 Å². The van der Waals surface area contributed by atoms with Crippen LogP contribution in [0.4, 0.5) is 0 Å². The molecule has 1 saturated heterocycles. The maximum absolute atomic E-state index is 12.7. The van der Waals surface area contributed by atoms with Gasteiger partial charge in [0.1, 0.15) is 0 Å². The number of benzene rings is 1. The summed E-state index contributed by atoms with van der Waals surface area (Å²) in [5.74, 6) is 0.695. The molecule has 1 aliphatic heterocycles. The zero-order valence-corrected chi connectivity index (χ0v) is 12.9. The minimum atomic E-state index is -0.639. The van der Waals surface area contributed by atoms with Crippen molar-refractivity contribution in [2.45, 2.75) is 29.9 Å². The molecule has 4 atom stereocenters. The fourth-order valence-corrected chi connectivity index (χ4v) is 4.15. The zero-order chi connectivity index (χ0) is 15.0. The molecule has 21 heavy (non-hydrogen) atoms. The third kappa shape index (κ3) is 2.82. The molecule has 0 unspecified atom stereocenters. The molecule has 2 N–H and O–H groups in total. The van der Waals surface area contributed by atoms with Gasteiger partial charge in [0.25, 0.3) is 5.91 Å². The second kappa shape index (κ2) is 5.99. The summed E-state index contributed by atoms with van der Waals surface area (Å²) in [7, 11) is 0. The van der Waals surface area contributed by atoms with Crippen molar-refractivity contribution in [3.05, 3.63) is 29.8 Å². The Bertz CT molecular complexity index is 518. The van der Waals surface area contributed by atoms with Gasteiger partial charge in [-0.05, 0) is 43.1 Å². The second-order valence-electron chi connectivity index (χ2n) is 6.04. The summed E-state index contributed by atoms with van der Waals surface area (Å²) in [5, 5.41) is 19.6. The number of hydrogen-bond acceptors (Lipinski definition) is 4. The summed E-state index contributed by atoms with van der Waals surface area (Å²) < 4.78 is 0. The Kier molecular flexibility index (Phi) is 4.24. The number of aliphatic hydroxyl groups is 2. The molecular formula is C16H21NO3S. The third-order valence-electron chi connectivity index (χ3n) is 4.73. The summed E-state index contributed by atoms with van der Waals surface area (Å²) in [5.41, 5.74) is 0.754. The fraction of sp³-hybridized carbons (Fsp3) is 0.562. The van der Waals surface area contributed by atoms with Crippen molar-refractivity contribution < 1.29 is 15.0 Å². The Morgan fingerprint density at radius 1 is 1.14 bits per heavy atom. The first-order chi connectivity index (χ1) is 10.1. The van der Waals surface area contributed by atoms with Gasteiger partial charge in [0.2, 0.25) is 0 Å². The summed E-state index contributed by atoms with van der Waals surface area (Å²) >= 11 is 1.58. The van der Waals surface area contributed by atoms with Crippen LogP contribution in [0.5, 0.6) is 0 Å². The summed E-state index contributed by atoms with van der Waals surface area (Å²) in [6.45, 7) is 1.38. The molecule has 1 saturated carbocycles. The van der Waals surface area contributed by atoms with E-state index in [0.29, 0.717) is 37.8 Å². The molecule has 3 rings (SSSR count). The number of likely N-dealkylation sites (tertiary alicyclic amines) is 1. The van der Waals surface area contributed by atoms with Crippen LogP contribution >= 0.6 is 11.8 Å². The van der Waals surface area contributed by atoms with Crippen molar-refractivity contribution in [3.63, 3.8) is 0 Å². The number of nitrogens with zero attached hydrogens (tertiary/aromatic N) is 1. The van der Waals surface area contributed by atoms with Gasteiger partial charge in [-0.15, -0.1) is 11.8 Å². The molecule has 5 heteroatoms. The van der Waals surface area contributed by atoms with Crippen molar-refractivity contribution in [3.8, 4) is 0 Å². The second-order valence-corrected chi connectivity index (χ2v) is 6.88. The van der Waals surface area contributed by atoms with Gasteiger partial charge in [-0.3, -0.25) is 4.79 Å². The molecule has 1 aromatic rings. The van der Waals surface area contributed by atoms with Gasteiger partial charge in [0, 0.05) is 18.0 Å². The molecule has 0 radical (unpaired) electrons. The summed E-state index contributed by atoms with van der Waals surface area (Å²) in [6.07, 6.45) is 1.89. The van der Waals surface area contributed by atoms with E-state index >= 15 is 0 Å². The average Bonchev–Trinajstić information content (AvgIpc) is 2.89. The van der Waals surface area contributed by atoms with Crippen LogP contribution in [-0.4, -0.2) is 52.6 Å². The SMILES string of the molecule is CSc1ccccc1C(=O)N1C[C@H]2C[C@H](O)[C@H](O)C[C@H]2C1. The highest BCUT2D eigenvalue weighted by Gasteiger charge is 2.42. The lowest BCUT2D eigenvalue weighted by Crippen LogP contribution is -2.38. The van der Waals surface area contributed by atoms with Crippen molar-refractivity contribution in [2.75, 3.05) is 19.3 Å². The first-order valence-electron chi connectivity index (χ1n) is 7.38. The van der Waals surface area contributed by atoms with Gasteiger partial charge in [-0.25, -0.2) is 0 Å². The van der Waals surface area contributed by atoms with Crippen LogP contribution in [0.2, 0.25) is 0 Å². The van der Waals surface area contributed by atoms with E-state index in [1.807, 2.05) is 35.4 Å². The molecule has 2 fully saturated rings. The van der Waals surface area contributed by atoms with Gasteiger partial charge >= 0.3 is 0 Å². The van der Waals surface area contributed by atoms with Crippen LogP contribution in [0.15, 0.2) is 29.2 Å². The first-order valence-corrected chi connectivity index (χ1v) is 8.61. The summed E-state index contributed by atoms with van der Waals surface area (Å²) in [4.78, 5) is 15.6. The van der Waals surface area contributed by atoms with Gasteiger partial charge in [0.15, 0.2) is 0 Å². The van der Waals surface area contributed by atoms with Crippen LogP contribution in [0, 0.1) is 11.8 Å². The molecule has 2 aliphatic rings. The molecule has 0 spiro atoms. The highest BCUT2D eigenvalue weighted by molar-refractivity contribution is 7.98. The van der Waals surface area contributed by atoms with Crippen LogP contribution in [-0.2, 0) is 0 Å². The molecule has 1 aliphatic carbocycles. The number of aliphatic hydroxyl groups excluding tert-OH is 2. The van der Waals surface area contributed by atoms with Gasteiger partial charge in [0.05, 0.1) is 17.8 Å². The Morgan fingerprint density at radius 2 is 1.71 bits per heavy atom. The Hall–Kier alpha value is -1.04. The molecule has 4 nitrogen and oxygen atoms in total. The monoisotopic (exact) mass is 307 g/mol. The number of amides is 1. The lowest BCUT2D eigenvalue weighted by molar-refractivity contribution is -0.0372. The number of hydrogen-bond donors (Lipinski definition) is 2. The Balaban J connectivity index is 1.75.